The number of ether oxygens (including phenoxy) is 4. The van der Waals surface area contributed by atoms with Crippen LogP contribution in [0.4, 0.5) is 15.9 Å². The van der Waals surface area contributed by atoms with Crippen molar-refractivity contribution in [2.24, 2.45) is 35.5 Å². The molecule has 506 valence electrons. The highest BCUT2D eigenvalue weighted by Gasteiger charge is 2.56. The molecule has 14 atom stereocenters. The van der Waals surface area contributed by atoms with Crippen molar-refractivity contribution in [3.05, 3.63) is 125 Å². The van der Waals surface area contributed by atoms with Crippen molar-refractivity contribution in [3.63, 3.8) is 0 Å². The molecule has 3 fully saturated rings. The first kappa shape index (κ1) is 71.6. The predicted molar refractivity (Wildman–Crippen MR) is 353 cm³/mol. The minimum absolute atomic E-state index is 0.0338. The van der Waals surface area contributed by atoms with Gasteiger partial charge in [-0.3, -0.25) is 14.4 Å². The standard InChI is InChI=1S/C71H87ClFN5O15S/c1-41-26-47(37-79)31-61(84)66-50(38-80)29-43(3)71(88,93-66)67(85)69(86)78-23-7-6-13-57(78)70(87)92-65(42(2)28-45-14-19-58(81)64(32-45)89-5)44(4)59(82)35-60(83)48(27-41)11-9-24-94-25-22-74-36-53-17-21-62(91-53)49-15-18-56-54(33-49)68(76-40-75-56)77-52-16-20-63(55(72)34-52)90-39-46-10-8-12-51(73)30-46/h8,10,12,15-18,20-21,27-28,30,33-34,37-38,40,43-45,47-48,50,57-59,61,64-66,74,81-82,84,88H,6-7,9,11,13-14,19,22-26,29,31-32,35-36,39H2,1-5H3,(H,75,76,77)/b41-27+,42-28+/t43-,44-,45+,47+,48-,50-,57+,58-,59+,61+,64-,65-,66+,71-/m1/s1. The summed E-state index contributed by atoms with van der Waals surface area (Å²) >= 11 is 8.31. The number of allylic oxidation sites excluding steroid dienone is 3. The number of carbonyl (C=O) groups is 6. The lowest BCUT2D eigenvalue weighted by Gasteiger charge is -2.45. The van der Waals surface area contributed by atoms with E-state index in [-0.39, 0.29) is 62.8 Å². The van der Waals surface area contributed by atoms with E-state index >= 15 is 0 Å². The number of aromatic nitrogens is 2. The average molecular weight is 1340 g/mol. The number of hydrogen-bond donors (Lipinski definition) is 6. The van der Waals surface area contributed by atoms with E-state index in [1.54, 1.807) is 62.9 Å². The Bertz CT molecular complexity index is 3530. The summed E-state index contributed by atoms with van der Waals surface area (Å²) in [6.45, 7) is 7.92. The number of benzene rings is 3. The number of fused-ring (bicyclic) bond motifs is 4. The highest BCUT2D eigenvalue weighted by Crippen LogP contribution is 2.41. The predicted octanol–water partition coefficient (Wildman–Crippen LogP) is 10.0. The molecule has 1 amide bonds. The second kappa shape index (κ2) is 33.3. The summed E-state index contributed by atoms with van der Waals surface area (Å²) in [5, 5.41) is 54.4. The van der Waals surface area contributed by atoms with Crippen molar-refractivity contribution in [3.8, 4) is 17.1 Å². The van der Waals surface area contributed by atoms with Crippen LogP contribution in [0, 0.1) is 41.3 Å². The van der Waals surface area contributed by atoms with Crippen LogP contribution >= 0.6 is 23.4 Å². The number of ketones is 2. The lowest BCUT2D eigenvalue weighted by molar-refractivity contribution is -0.286. The van der Waals surface area contributed by atoms with Gasteiger partial charge in [0.25, 0.3) is 11.7 Å². The summed E-state index contributed by atoms with van der Waals surface area (Å²) in [4.78, 5) is 93.3. The molecule has 5 aromatic rings. The third-order valence-corrected chi connectivity index (χ3v) is 20.1. The van der Waals surface area contributed by atoms with Crippen molar-refractivity contribution < 1.29 is 76.9 Å². The number of esters is 1. The highest BCUT2D eigenvalue weighted by molar-refractivity contribution is 7.99. The molecule has 0 unspecified atom stereocenters. The first-order valence-corrected chi connectivity index (χ1v) is 34.1. The zero-order valence-electron chi connectivity index (χ0n) is 53.8. The van der Waals surface area contributed by atoms with Crippen molar-refractivity contribution in [1.82, 2.24) is 20.2 Å². The van der Waals surface area contributed by atoms with Gasteiger partial charge in [0.05, 0.1) is 47.6 Å². The number of carbonyl (C=O) groups excluding carboxylic acids is 6. The molecule has 0 spiro atoms. The van der Waals surface area contributed by atoms with Crippen LogP contribution in [0.3, 0.4) is 0 Å². The summed E-state index contributed by atoms with van der Waals surface area (Å²) in [6, 6.07) is 19.8. The molecule has 20 nitrogen and oxygen atoms in total. The van der Waals surface area contributed by atoms with Crippen LogP contribution < -0.4 is 15.4 Å². The van der Waals surface area contributed by atoms with Crippen LogP contribution in [-0.4, -0.2) is 151 Å². The number of piperidine rings is 1. The Morgan fingerprint density at radius 2 is 1.72 bits per heavy atom. The molecule has 6 N–H and O–H groups in total. The van der Waals surface area contributed by atoms with Gasteiger partial charge < -0.3 is 68.9 Å². The van der Waals surface area contributed by atoms with Crippen LogP contribution in [0.15, 0.2) is 107 Å². The number of nitrogens with one attached hydrogen (secondary N) is 2. The number of cyclic esters (lactones) is 1. The Balaban J connectivity index is 0.850. The van der Waals surface area contributed by atoms with E-state index in [4.69, 9.17) is 35.0 Å². The van der Waals surface area contributed by atoms with E-state index in [0.29, 0.717) is 127 Å². The molecule has 3 aromatic carbocycles. The van der Waals surface area contributed by atoms with E-state index in [2.05, 4.69) is 20.6 Å². The quantitative estimate of drug-likeness (QED) is 0.0139. The fourth-order valence-corrected chi connectivity index (χ4v) is 14.5. The third-order valence-electron chi connectivity index (χ3n) is 18.7. The van der Waals surface area contributed by atoms with Gasteiger partial charge in [0.1, 0.15) is 72.3 Å². The van der Waals surface area contributed by atoms with E-state index in [9.17, 15) is 53.6 Å². The van der Waals surface area contributed by atoms with Crippen LogP contribution in [0.2, 0.25) is 5.02 Å². The number of amides is 1. The number of rotatable bonds is 20. The van der Waals surface area contributed by atoms with Crippen molar-refractivity contribution in [1.29, 1.82) is 0 Å². The molecule has 23 heteroatoms. The number of methoxy groups -OCH3 is 1. The monoisotopic (exact) mass is 1340 g/mol. The number of thioether (sulfide) groups is 1. The number of furan rings is 1. The first-order valence-electron chi connectivity index (χ1n) is 32.5. The fraction of sp³-hybridized carbons (Fsp3) is 0.521. The maximum absolute atomic E-state index is 14.7. The smallest absolute Gasteiger partial charge is 0.329 e. The van der Waals surface area contributed by atoms with Gasteiger partial charge in [0.15, 0.2) is 0 Å². The van der Waals surface area contributed by atoms with E-state index in [1.807, 2.05) is 42.5 Å². The second-order valence-corrected chi connectivity index (χ2v) is 27.3. The van der Waals surface area contributed by atoms with E-state index in [0.717, 1.165) is 27.4 Å². The Morgan fingerprint density at radius 3 is 2.49 bits per heavy atom. The van der Waals surface area contributed by atoms with E-state index < -0.39 is 95.7 Å². The number of aliphatic hydroxyl groups is 4. The molecule has 94 heavy (non-hydrogen) atoms. The average Bonchev–Trinajstić information content (AvgIpc) is 0.803. The number of nitrogens with zero attached hydrogens (tertiary/aromatic N) is 3. The Morgan fingerprint density at radius 1 is 0.904 bits per heavy atom. The number of aliphatic hydroxyl groups excluding tert-OH is 3. The topological polar surface area (TPSA) is 286 Å². The lowest BCUT2D eigenvalue weighted by atomic mass is 9.78. The molecule has 3 aliphatic heterocycles. The molecule has 2 aromatic heterocycles. The molecule has 1 saturated carbocycles. The lowest BCUT2D eigenvalue weighted by Crippen LogP contribution is -2.63. The summed E-state index contributed by atoms with van der Waals surface area (Å²) < 4.78 is 43.8. The Hall–Kier alpha value is -6.73. The van der Waals surface area contributed by atoms with Crippen LogP contribution in [0.1, 0.15) is 116 Å². The fourth-order valence-electron chi connectivity index (χ4n) is 13.4. The van der Waals surface area contributed by atoms with Gasteiger partial charge >= 0.3 is 5.97 Å². The number of halogens is 2. The molecule has 9 rings (SSSR count). The van der Waals surface area contributed by atoms with Crippen LogP contribution in [-0.2, 0) is 56.1 Å². The molecule has 2 bridgehead atoms. The summed E-state index contributed by atoms with van der Waals surface area (Å²) in [5.41, 5.74) is 4.11. The molecule has 0 radical (unpaired) electrons. The number of hydrogen-bond acceptors (Lipinski definition) is 20. The van der Waals surface area contributed by atoms with Gasteiger partial charge in [-0.1, -0.05) is 55.3 Å². The summed E-state index contributed by atoms with van der Waals surface area (Å²) in [6.07, 6.45) is 2.89. The van der Waals surface area contributed by atoms with Gasteiger partial charge in [-0.15, -0.1) is 0 Å². The van der Waals surface area contributed by atoms with Crippen molar-refractivity contribution in [2.75, 3.05) is 37.0 Å². The largest absolute Gasteiger partial charge is 0.487 e. The van der Waals surface area contributed by atoms with Crippen molar-refractivity contribution >= 4 is 81.8 Å². The third kappa shape index (κ3) is 18.0. The van der Waals surface area contributed by atoms with E-state index in [1.165, 1.54) is 32.5 Å². The maximum atomic E-state index is 14.7. The SMILES string of the molecule is CO[C@@H]1C[C@H](/C=C(\C)[C@H]2OC(=O)[C@@H]3CCCCN3C(=O)C(=O)[C@]3(O)O[C@H]([C@@H](O)C[C@@H](C=O)C/C(C)=C/[C@@H](CCCSCCNCc4ccc(-c5ccc6ncnc(Nc7ccc(OCc8cccc(F)c8)c(Cl)c7)c6c5)o4)C(=O)C[C@H](O)[C@H]2C)[C@@H](C=O)C[C@H]3C)CC[C@H]1O. The van der Waals surface area contributed by atoms with Crippen LogP contribution in [0.5, 0.6) is 5.75 Å². The number of anilines is 2. The van der Waals surface area contributed by atoms with Gasteiger partial charge in [-0.25, -0.2) is 19.2 Å². The summed E-state index contributed by atoms with van der Waals surface area (Å²) in [7, 11) is 1.53. The molecule has 5 heterocycles. The van der Waals surface area contributed by atoms with Gasteiger partial charge in [0, 0.05) is 78.6 Å². The first-order chi connectivity index (χ1) is 45.2. The number of aldehydes is 2. The molecule has 1 aliphatic carbocycles. The molecule has 2 saturated heterocycles. The molecular formula is C71H87ClFN5O15S. The zero-order valence-corrected chi connectivity index (χ0v) is 55.4. The van der Waals surface area contributed by atoms with Gasteiger partial charge in [-0.2, -0.15) is 11.8 Å². The maximum Gasteiger partial charge on any atom is 0.329 e. The Kier molecular flexibility index (Phi) is 25.3. The zero-order chi connectivity index (χ0) is 67.2. The summed E-state index contributed by atoms with van der Waals surface area (Å²) in [5.74, 6) is -7.67. The highest BCUT2D eigenvalue weighted by atomic mass is 35.5. The molecular weight excluding hydrogens is 1250 g/mol. The minimum atomic E-state index is -2.80. The van der Waals surface area contributed by atoms with Crippen molar-refractivity contribution in [2.45, 2.75) is 166 Å². The number of Topliss-reactive ketones (excluding diaryl/α,β-unsaturated/α-hetero) is 2. The van der Waals surface area contributed by atoms with Gasteiger partial charge in [0.2, 0.25) is 5.79 Å². The Labute approximate surface area is 556 Å². The normalized spacial score (nSPS) is 29.4. The van der Waals surface area contributed by atoms with Crippen LogP contribution in [0.25, 0.3) is 22.2 Å². The molecule has 4 aliphatic rings. The minimum Gasteiger partial charge on any atom is -0.487 e. The second-order valence-electron chi connectivity index (χ2n) is 25.7. The van der Waals surface area contributed by atoms with Gasteiger partial charge in [-0.05, 0) is 168 Å².